The number of ether oxygens (including phenoxy) is 1. The van der Waals surface area contributed by atoms with Crippen molar-refractivity contribution < 1.29 is 14.3 Å². The number of carbonyl (C=O) groups is 2. The van der Waals surface area contributed by atoms with Crippen LogP contribution in [-0.4, -0.2) is 41.3 Å². The molecule has 1 aromatic heterocycles. The molecule has 2 saturated heterocycles. The monoisotopic (exact) mass is 473 g/mol. The minimum absolute atomic E-state index is 0.104. The number of carbonyl (C=O) groups excluding carboxylic acids is 2. The van der Waals surface area contributed by atoms with E-state index >= 15 is 0 Å². The van der Waals surface area contributed by atoms with E-state index in [1.54, 1.807) is 12.1 Å². The minimum Gasteiger partial charge on any atom is -0.370 e. The van der Waals surface area contributed by atoms with Gasteiger partial charge in [0.1, 0.15) is 0 Å². The van der Waals surface area contributed by atoms with Crippen LogP contribution < -0.4 is 16.0 Å². The third-order valence-electron chi connectivity index (χ3n) is 6.64. The summed E-state index contributed by atoms with van der Waals surface area (Å²) in [5, 5.41) is 8.92. The maximum absolute atomic E-state index is 12.0. The first-order chi connectivity index (χ1) is 17.0. The molecule has 2 aliphatic heterocycles. The van der Waals surface area contributed by atoms with Crippen LogP contribution >= 0.6 is 0 Å². The van der Waals surface area contributed by atoms with Gasteiger partial charge in [-0.25, -0.2) is 4.68 Å². The van der Waals surface area contributed by atoms with E-state index in [-0.39, 0.29) is 12.1 Å². The van der Waals surface area contributed by atoms with Crippen molar-refractivity contribution in [3.8, 4) is 0 Å². The lowest BCUT2D eigenvalue weighted by atomic mass is 10.1. The Morgan fingerprint density at radius 2 is 1.94 bits per heavy atom. The van der Waals surface area contributed by atoms with Crippen LogP contribution in [0.4, 0.5) is 11.4 Å². The largest absolute Gasteiger partial charge is 0.370 e. The normalized spacial score (nSPS) is 18.4. The van der Waals surface area contributed by atoms with Gasteiger partial charge in [-0.1, -0.05) is 18.2 Å². The first-order valence-electron chi connectivity index (χ1n) is 12.3. The lowest BCUT2D eigenvalue weighted by Crippen LogP contribution is -2.21. The van der Waals surface area contributed by atoms with E-state index < -0.39 is 5.91 Å². The van der Waals surface area contributed by atoms with Gasteiger partial charge in [0.05, 0.1) is 22.6 Å². The minimum atomic E-state index is -0.459. The molecule has 182 valence electrons. The molecular weight excluding hydrogens is 442 g/mol. The Bertz CT molecular complexity index is 1280. The highest BCUT2D eigenvalue weighted by Crippen LogP contribution is 2.37. The van der Waals surface area contributed by atoms with Crippen molar-refractivity contribution in [3.05, 3.63) is 53.2 Å². The Kier molecular flexibility index (Phi) is 6.55. The van der Waals surface area contributed by atoms with Gasteiger partial charge in [0.25, 0.3) is 0 Å². The molecule has 35 heavy (non-hydrogen) atoms. The van der Waals surface area contributed by atoms with Gasteiger partial charge in [-0.05, 0) is 68.0 Å². The van der Waals surface area contributed by atoms with Crippen molar-refractivity contribution >= 4 is 46.2 Å². The summed E-state index contributed by atoms with van der Waals surface area (Å²) in [6.07, 6.45) is 9.09. The van der Waals surface area contributed by atoms with E-state index in [0.717, 1.165) is 85.3 Å². The second kappa shape index (κ2) is 9.92. The quantitative estimate of drug-likeness (QED) is 0.546. The number of amides is 2. The highest BCUT2D eigenvalue weighted by atomic mass is 16.5. The van der Waals surface area contributed by atoms with Crippen molar-refractivity contribution in [3.63, 3.8) is 0 Å². The zero-order valence-electron chi connectivity index (χ0n) is 20.0. The van der Waals surface area contributed by atoms with Gasteiger partial charge >= 0.3 is 0 Å². The zero-order chi connectivity index (χ0) is 24.4. The number of hydrogen-bond donors (Lipinski definition) is 2. The fourth-order valence-electron chi connectivity index (χ4n) is 4.94. The molecule has 2 fully saturated rings. The average Bonchev–Trinajstić information content (AvgIpc) is 3.51. The Balaban J connectivity index is 1.62. The number of fused-ring (bicyclic) bond motifs is 1. The van der Waals surface area contributed by atoms with Crippen molar-refractivity contribution in [2.45, 2.75) is 45.3 Å². The third kappa shape index (κ3) is 4.93. The number of nitrogens with zero attached hydrogens (tertiary/aromatic N) is 3. The summed E-state index contributed by atoms with van der Waals surface area (Å²) in [5.41, 5.74) is 10.3. The number of primary amides is 1. The van der Waals surface area contributed by atoms with E-state index in [4.69, 9.17) is 15.6 Å². The van der Waals surface area contributed by atoms with Crippen LogP contribution in [0, 0.1) is 0 Å². The zero-order valence-corrected chi connectivity index (χ0v) is 20.0. The second-order valence-electron chi connectivity index (χ2n) is 9.24. The molecule has 8 nitrogen and oxygen atoms in total. The molecule has 0 bridgehead atoms. The molecule has 3 heterocycles. The van der Waals surface area contributed by atoms with Gasteiger partial charge in [0.15, 0.2) is 6.23 Å². The Morgan fingerprint density at radius 3 is 2.66 bits per heavy atom. The van der Waals surface area contributed by atoms with E-state index in [1.807, 2.05) is 35.0 Å². The fraction of sp³-hybridized carbons (Fsp3) is 0.370. The molecule has 2 aromatic carbocycles. The van der Waals surface area contributed by atoms with Crippen LogP contribution in [0.2, 0.25) is 0 Å². The first kappa shape index (κ1) is 23.1. The molecule has 0 aliphatic carbocycles. The Labute approximate surface area is 204 Å². The summed E-state index contributed by atoms with van der Waals surface area (Å²) in [6, 6.07) is 11.3. The summed E-state index contributed by atoms with van der Waals surface area (Å²) in [5.74, 6) is -0.563. The molecule has 2 amide bonds. The highest BCUT2D eigenvalue weighted by Gasteiger charge is 2.24. The van der Waals surface area contributed by atoms with Crippen LogP contribution in [0.25, 0.3) is 23.1 Å². The van der Waals surface area contributed by atoms with Gasteiger partial charge in [-0.3, -0.25) is 9.59 Å². The smallest absolute Gasteiger partial charge is 0.248 e. The standard InChI is InChI=1S/C27H31N5O3/c1-18(33)29-23-16-21-22(11-10-19-7-6-8-20(15-19)27(28)34)30-32(26-9-2-5-14-35-26)24(21)17-25(23)31-12-3-4-13-31/h6-8,10-11,15-17,26H,2-5,9,12-14H2,1H3,(H2,28,34)(H,29,33). The maximum atomic E-state index is 12.0. The number of benzene rings is 2. The summed E-state index contributed by atoms with van der Waals surface area (Å²) in [4.78, 5) is 25.9. The van der Waals surface area contributed by atoms with Crippen LogP contribution in [-0.2, 0) is 9.53 Å². The van der Waals surface area contributed by atoms with Crippen LogP contribution in [0.3, 0.4) is 0 Å². The molecule has 0 saturated carbocycles. The molecule has 3 aromatic rings. The lowest BCUT2D eigenvalue weighted by molar-refractivity contribution is -0.114. The predicted octanol–water partition coefficient (Wildman–Crippen LogP) is 4.56. The number of aromatic nitrogens is 2. The van der Waals surface area contributed by atoms with Gasteiger partial charge in [-0.15, -0.1) is 0 Å². The van der Waals surface area contributed by atoms with Crippen molar-refractivity contribution in [1.82, 2.24) is 9.78 Å². The van der Waals surface area contributed by atoms with Gasteiger partial charge in [0, 0.05) is 37.6 Å². The Morgan fingerprint density at radius 1 is 1.11 bits per heavy atom. The summed E-state index contributed by atoms with van der Waals surface area (Å²) in [7, 11) is 0. The van der Waals surface area contributed by atoms with Crippen LogP contribution in [0.15, 0.2) is 36.4 Å². The number of anilines is 2. The third-order valence-corrected chi connectivity index (χ3v) is 6.64. The van der Waals surface area contributed by atoms with Gasteiger partial charge in [0.2, 0.25) is 11.8 Å². The molecule has 5 rings (SSSR count). The van der Waals surface area contributed by atoms with Gasteiger partial charge < -0.3 is 20.7 Å². The highest BCUT2D eigenvalue weighted by molar-refractivity contribution is 6.01. The number of nitrogens with two attached hydrogens (primary N) is 1. The number of rotatable bonds is 6. The van der Waals surface area contributed by atoms with E-state index in [2.05, 4.69) is 16.3 Å². The molecule has 2 aliphatic rings. The molecule has 8 heteroatoms. The fourth-order valence-corrected chi connectivity index (χ4v) is 4.94. The van der Waals surface area contributed by atoms with Crippen molar-refractivity contribution in [2.24, 2.45) is 5.73 Å². The second-order valence-corrected chi connectivity index (χ2v) is 9.24. The summed E-state index contributed by atoms with van der Waals surface area (Å²) >= 11 is 0. The van der Waals surface area contributed by atoms with E-state index in [9.17, 15) is 9.59 Å². The molecule has 3 N–H and O–H groups in total. The SMILES string of the molecule is CC(=O)Nc1cc2c(C=Cc3cccc(C(N)=O)c3)nn(C3CCCCO3)c2cc1N1CCCC1. The van der Waals surface area contributed by atoms with E-state index in [1.165, 1.54) is 6.92 Å². The van der Waals surface area contributed by atoms with Crippen LogP contribution in [0.1, 0.15) is 66.9 Å². The number of hydrogen-bond acceptors (Lipinski definition) is 5. The molecule has 1 atom stereocenters. The lowest BCUT2D eigenvalue weighted by Gasteiger charge is -2.25. The topological polar surface area (TPSA) is 102 Å². The molecule has 0 spiro atoms. The summed E-state index contributed by atoms with van der Waals surface area (Å²) < 4.78 is 8.08. The first-order valence-corrected chi connectivity index (χ1v) is 12.3. The number of nitrogens with one attached hydrogen (secondary N) is 1. The van der Waals surface area contributed by atoms with E-state index in [0.29, 0.717) is 5.56 Å². The van der Waals surface area contributed by atoms with Gasteiger partial charge in [-0.2, -0.15) is 5.10 Å². The van der Waals surface area contributed by atoms with Crippen molar-refractivity contribution in [2.75, 3.05) is 29.9 Å². The van der Waals surface area contributed by atoms with Crippen LogP contribution in [0.5, 0.6) is 0 Å². The molecule has 1 unspecified atom stereocenters. The maximum Gasteiger partial charge on any atom is 0.248 e. The average molecular weight is 474 g/mol. The molecular formula is C27H31N5O3. The Hall–Kier alpha value is -3.65. The predicted molar refractivity (Wildman–Crippen MR) is 138 cm³/mol. The summed E-state index contributed by atoms with van der Waals surface area (Å²) in [6.45, 7) is 4.19. The molecule has 0 radical (unpaired) electrons. The van der Waals surface area contributed by atoms with Crippen molar-refractivity contribution in [1.29, 1.82) is 0 Å².